The molecule has 1 aliphatic heterocycles. The van der Waals surface area contributed by atoms with Gasteiger partial charge in [-0.2, -0.15) is 0 Å². The third-order valence-corrected chi connectivity index (χ3v) is 4.71. The molecule has 1 saturated heterocycles. The molecular formula is C22H27N3O3. The molecule has 0 radical (unpaired) electrons. The van der Waals surface area contributed by atoms with E-state index in [0.717, 1.165) is 18.8 Å². The molecule has 1 atom stereocenters. The van der Waals surface area contributed by atoms with Crippen LogP contribution in [0.25, 0.3) is 0 Å². The van der Waals surface area contributed by atoms with Crippen molar-refractivity contribution < 1.29 is 14.3 Å². The summed E-state index contributed by atoms with van der Waals surface area (Å²) in [6.45, 7) is 5.35. The van der Waals surface area contributed by atoms with Crippen LogP contribution in [0.5, 0.6) is 5.75 Å². The van der Waals surface area contributed by atoms with Crippen LogP contribution in [0.4, 0.5) is 17.1 Å². The van der Waals surface area contributed by atoms with E-state index in [-0.39, 0.29) is 11.8 Å². The van der Waals surface area contributed by atoms with Gasteiger partial charge in [0.25, 0.3) is 5.91 Å². The lowest BCUT2D eigenvalue weighted by Crippen LogP contribution is -2.30. The van der Waals surface area contributed by atoms with Crippen LogP contribution >= 0.6 is 0 Å². The first-order valence-corrected chi connectivity index (χ1v) is 9.71. The van der Waals surface area contributed by atoms with E-state index in [1.807, 2.05) is 24.3 Å². The van der Waals surface area contributed by atoms with Crippen molar-refractivity contribution in [2.75, 3.05) is 28.6 Å². The lowest BCUT2D eigenvalue weighted by Gasteiger charge is -2.28. The van der Waals surface area contributed by atoms with Crippen molar-refractivity contribution in [1.29, 1.82) is 0 Å². The molecule has 6 heteroatoms. The first-order valence-electron chi connectivity index (χ1n) is 9.71. The number of ether oxygens (including phenoxy) is 1. The van der Waals surface area contributed by atoms with Gasteiger partial charge < -0.3 is 20.3 Å². The number of nitrogens with one attached hydrogen (secondary N) is 2. The van der Waals surface area contributed by atoms with Gasteiger partial charge >= 0.3 is 0 Å². The number of nitrogens with zero attached hydrogens (tertiary/aromatic N) is 1. The van der Waals surface area contributed by atoms with Crippen molar-refractivity contribution in [3.63, 3.8) is 0 Å². The molecule has 1 fully saturated rings. The van der Waals surface area contributed by atoms with E-state index < -0.39 is 6.10 Å². The number of amides is 2. The molecule has 0 unspecified atom stereocenters. The Bertz CT molecular complexity index is 797. The Morgan fingerprint density at radius 3 is 2.07 bits per heavy atom. The molecule has 0 spiro atoms. The highest BCUT2D eigenvalue weighted by atomic mass is 16.5. The largest absolute Gasteiger partial charge is 0.481 e. The summed E-state index contributed by atoms with van der Waals surface area (Å²) in [5.74, 6) is 0.224. The van der Waals surface area contributed by atoms with Gasteiger partial charge in [-0.05, 0) is 74.7 Å². The Morgan fingerprint density at radius 1 is 0.893 bits per heavy atom. The lowest BCUT2D eigenvalue weighted by molar-refractivity contribution is -0.122. The molecule has 1 heterocycles. The predicted octanol–water partition coefficient (Wildman–Crippen LogP) is 4.04. The van der Waals surface area contributed by atoms with Gasteiger partial charge in [0.2, 0.25) is 5.91 Å². The third kappa shape index (κ3) is 5.49. The van der Waals surface area contributed by atoms with Gasteiger partial charge in [0.1, 0.15) is 5.75 Å². The molecule has 148 valence electrons. The first kappa shape index (κ1) is 19.7. The van der Waals surface area contributed by atoms with Gasteiger partial charge in [0.05, 0.1) is 0 Å². The van der Waals surface area contributed by atoms with E-state index in [2.05, 4.69) is 15.5 Å². The van der Waals surface area contributed by atoms with E-state index in [4.69, 9.17) is 4.74 Å². The van der Waals surface area contributed by atoms with E-state index in [1.165, 1.54) is 31.9 Å². The molecular weight excluding hydrogens is 354 g/mol. The quantitative estimate of drug-likeness (QED) is 0.792. The van der Waals surface area contributed by atoms with Gasteiger partial charge in [-0.3, -0.25) is 9.59 Å². The summed E-state index contributed by atoms with van der Waals surface area (Å²) in [5.41, 5.74) is 2.63. The number of carbonyl (C=O) groups is 2. The molecule has 0 saturated carbocycles. The summed E-state index contributed by atoms with van der Waals surface area (Å²) >= 11 is 0. The molecule has 3 rings (SSSR count). The van der Waals surface area contributed by atoms with Crippen molar-refractivity contribution >= 4 is 28.9 Å². The van der Waals surface area contributed by atoms with Crippen molar-refractivity contribution in [3.05, 3.63) is 48.5 Å². The third-order valence-electron chi connectivity index (χ3n) is 4.71. The van der Waals surface area contributed by atoms with Crippen LogP contribution in [0.15, 0.2) is 48.5 Å². The van der Waals surface area contributed by atoms with Crippen molar-refractivity contribution in [3.8, 4) is 5.75 Å². The summed E-state index contributed by atoms with van der Waals surface area (Å²) < 4.78 is 5.69. The monoisotopic (exact) mass is 381 g/mol. The minimum absolute atomic E-state index is 0.132. The minimum Gasteiger partial charge on any atom is -0.481 e. The fourth-order valence-corrected chi connectivity index (χ4v) is 3.23. The second-order valence-electron chi connectivity index (χ2n) is 7.05. The zero-order valence-electron chi connectivity index (χ0n) is 16.4. The number of rotatable bonds is 6. The normalized spacial score (nSPS) is 14.9. The lowest BCUT2D eigenvalue weighted by atomic mass is 10.1. The van der Waals surface area contributed by atoms with Gasteiger partial charge in [-0.25, -0.2) is 0 Å². The molecule has 2 amide bonds. The van der Waals surface area contributed by atoms with E-state index in [1.54, 1.807) is 31.2 Å². The topological polar surface area (TPSA) is 70.7 Å². The van der Waals surface area contributed by atoms with Gasteiger partial charge in [-0.15, -0.1) is 0 Å². The average Bonchev–Trinajstić information content (AvgIpc) is 2.70. The number of hydrogen-bond donors (Lipinski definition) is 2. The van der Waals surface area contributed by atoms with E-state index in [9.17, 15) is 9.59 Å². The van der Waals surface area contributed by atoms with Crippen LogP contribution in [-0.2, 0) is 9.59 Å². The van der Waals surface area contributed by atoms with E-state index in [0.29, 0.717) is 11.4 Å². The van der Waals surface area contributed by atoms with Crippen molar-refractivity contribution in [2.24, 2.45) is 0 Å². The van der Waals surface area contributed by atoms with Crippen LogP contribution in [-0.4, -0.2) is 31.0 Å². The zero-order valence-corrected chi connectivity index (χ0v) is 16.4. The maximum atomic E-state index is 12.4. The number of hydrogen-bond acceptors (Lipinski definition) is 4. The number of piperidine rings is 1. The molecule has 0 aliphatic carbocycles. The zero-order chi connectivity index (χ0) is 19.9. The molecule has 2 aromatic rings. The van der Waals surface area contributed by atoms with Gasteiger partial charge in [-0.1, -0.05) is 0 Å². The van der Waals surface area contributed by atoms with Crippen molar-refractivity contribution in [2.45, 2.75) is 39.2 Å². The number of carbonyl (C=O) groups excluding carboxylic acids is 2. The smallest absolute Gasteiger partial charge is 0.265 e. The second-order valence-corrected chi connectivity index (χ2v) is 7.05. The average molecular weight is 381 g/mol. The molecule has 2 aromatic carbocycles. The molecule has 2 N–H and O–H groups in total. The predicted molar refractivity (Wildman–Crippen MR) is 112 cm³/mol. The highest BCUT2D eigenvalue weighted by Gasteiger charge is 2.16. The van der Waals surface area contributed by atoms with Crippen LogP contribution in [0, 0.1) is 0 Å². The first-order chi connectivity index (χ1) is 13.5. The maximum absolute atomic E-state index is 12.4. The number of benzene rings is 2. The Hall–Kier alpha value is -3.02. The molecule has 28 heavy (non-hydrogen) atoms. The van der Waals surface area contributed by atoms with Crippen molar-refractivity contribution in [1.82, 2.24) is 0 Å². The van der Waals surface area contributed by atoms with Crippen LogP contribution in [0.3, 0.4) is 0 Å². The summed E-state index contributed by atoms with van der Waals surface area (Å²) in [4.78, 5) is 25.8. The van der Waals surface area contributed by atoms with Gasteiger partial charge in [0, 0.05) is 37.1 Å². The highest BCUT2D eigenvalue weighted by molar-refractivity contribution is 5.94. The summed E-state index contributed by atoms with van der Waals surface area (Å²) in [6, 6.07) is 14.9. The molecule has 0 bridgehead atoms. The van der Waals surface area contributed by atoms with Crippen LogP contribution in [0.1, 0.15) is 33.1 Å². The Balaban J connectivity index is 1.52. The van der Waals surface area contributed by atoms with Crippen LogP contribution < -0.4 is 20.3 Å². The van der Waals surface area contributed by atoms with Gasteiger partial charge in [0.15, 0.2) is 6.10 Å². The molecule has 6 nitrogen and oxygen atoms in total. The van der Waals surface area contributed by atoms with E-state index >= 15 is 0 Å². The Morgan fingerprint density at radius 2 is 1.46 bits per heavy atom. The minimum atomic E-state index is -0.645. The second kappa shape index (κ2) is 9.26. The molecule has 0 aromatic heterocycles. The molecule has 1 aliphatic rings. The SMILES string of the molecule is CC(=O)Nc1ccc(O[C@H](C)C(=O)Nc2ccc(N3CCCCC3)cc2)cc1. The standard InChI is InChI=1S/C22H27N3O3/c1-16(28-21-12-8-18(9-13-21)23-17(2)26)22(27)24-19-6-10-20(11-7-19)25-14-4-3-5-15-25/h6-13,16H,3-5,14-15H2,1-2H3,(H,23,26)(H,24,27)/t16-/m1/s1. The Kier molecular flexibility index (Phi) is 6.53. The Labute approximate surface area is 165 Å². The summed E-state index contributed by atoms with van der Waals surface area (Å²) in [6.07, 6.45) is 3.13. The number of anilines is 3. The van der Waals surface area contributed by atoms with Crippen LogP contribution in [0.2, 0.25) is 0 Å². The summed E-state index contributed by atoms with van der Waals surface area (Å²) in [5, 5.41) is 5.58. The summed E-state index contributed by atoms with van der Waals surface area (Å²) in [7, 11) is 0. The fraction of sp³-hybridized carbons (Fsp3) is 0.364. The fourth-order valence-electron chi connectivity index (χ4n) is 3.23. The maximum Gasteiger partial charge on any atom is 0.265 e. The highest BCUT2D eigenvalue weighted by Crippen LogP contribution is 2.22.